The first kappa shape index (κ1) is 18.8. The Morgan fingerprint density at radius 2 is 1.55 bits per heavy atom. The molecule has 0 bridgehead atoms. The van der Waals surface area contributed by atoms with Gasteiger partial charge in [0.2, 0.25) is 0 Å². The Labute approximate surface area is 127 Å². The van der Waals surface area contributed by atoms with Gasteiger partial charge in [0.05, 0.1) is 11.1 Å². The van der Waals surface area contributed by atoms with Crippen LogP contribution in [0.25, 0.3) is 0 Å². The van der Waals surface area contributed by atoms with E-state index in [-0.39, 0.29) is 24.5 Å². The third kappa shape index (κ3) is 5.84. The van der Waals surface area contributed by atoms with Crippen molar-refractivity contribution in [3.05, 3.63) is 34.9 Å². The quantitative estimate of drug-likeness (QED) is 0.505. The summed E-state index contributed by atoms with van der Waals surface area (Å²) in [6.07, 6.45) is -3.64. The normalized spacial score (nSPS) is 13.5. The third-order valence-electron chi connectivity index (χ3n) is 2.64. The molecule has 0 aromatic heterocycles. The summed E-state index contributed by atoms with van der Waals surface area (Å²) in [5.74, 6) is 2.79. The zero-order valence-corrected chi connectivity index (χ0v) is 13.1. The largest absolute Gasteiger partial charge is 0.416 e. The summed E-state index contributed by atoms with van der Waals surface area (Å²) in [5, 5.41) is 2.96. The molecule has 124 valence electrons. The fourth-order valence-corrected chi connectivity index (χ4v) is 2.23. The molecule has 1 aromatic rings. The molecule has 0 heterocycles. The third-order valence-corrected chi connectivity index (χ3v) is 3.40. The molecular formula is C15H16F6S. The van der Waals surface area contributed by atoms with Crippen LogP contribution >= 0.6 is 10.0 Å². The van der Waals surface area contributed by atoms with Gasteiger partial charge in [0, 0.05) is 6.42 Å². The molecule has 0 saturated heterocycles. The number of aryl methyl sites for hydroxylation is 1. The molecule has 0 aliphatic heterocycles. The van der Waals surface area contributed by atoms with Crippen LogP contribution in [0.1, 0.15) is 23.1 Å². The minimum Gasteiger partial charge on any atom is -0.186 e. The second kappa shape index (κ2) is 6.45. The summed E-state index contributed by atoms with van der Waals surface area (Å²) in [4.78, 5) is 0. The van der Waals surface area contributed by atoms with E-state index in [0.717, 1.165) is 6.07 Å². The van der Waals surface area contributed by atoms with Gasteiger partial charge in [-0.1, -0.05) is 17.2 Å². The van der Waals surface area contributed by atoms with Gasteiger partial charge in [-0.25, -0.2) is 0 Å². The average molecular weight is 342 g/mol. The molecular weight excluding hydrogens is 326 g/mol. The standard InChI is InChI=1S/C15H16F6S/c1-22(2,3)9-5-4-6-11-7-8-12(14(16,17)18)10-13(11)15(19,20)21/h7-8,10H,4,6H2,1-3H3. The van der Waals surface area contributed by atoms with Crippen LogP contribution < -0.4 is 0 Å². The molecule has 0 amide bonds. The zero-order valence-electron chi connectivity index (χ0n) is 12.3. The van der Waals surface area contributed by atoms with Crippen LogP contribution in [0.5, 0.6) is 0 Å². The molecule has 0 aliphatic carbocycles. The first-order chi connectivity index (χ1) is 9.81. The highest BCUT2D eigenvalue weighted by Gasteiger charge is 2.37. The van der Waals surface area contributed by atoms with Gasteiger partial charge in [-0.05, 0) is 42.9 Å². The Bertz CT molecular complexity index is 581. The molecule has 0 aliphatic rings. The monoisotopic (exact) mass is 342 g/mol. The zero-order chi connectivity index (χ0) is 17.2. The predicted molar refractivity (Wildman–Crippen MR) is 77.9 cm³/mol. The van der Waals surface area contributed by atoms with E-state index < -0.39 is 33.5 Å². The Morgan fingerprint density at radius 3 is 2.00 bits per heavy atom. The van der Waals surface area contributed by atoms with E-state index in [0.29, 0.717) is 6.07 Å². The molecule has 0 radical (unpaired) electrons. The average Bonchev–Trinajstić information content (AvgIpc) is 2.31. The maximum Gasteiger partial charge on any atom is 0.416 e. The smallest absolute Gasteiger partial charge is 0.186 e. The maximum atomic E-state index is 12.9. The van der Waals surface area contributed by atoms with Crippen LogP contribution in [0, 0.1) is 11.2 Å². The van der Waals surface area contributed by atoms with Crippen LogP contribution in [0.15, 0.2) is 18.2 Å². The van der Waals surface area contributed by atoms with Crippen molar-refractivity contribution in [2.45, 2.75) is 25.2 Å². The van der Waals surface area contributed by atoms with Crippen LogP contribution in [-0.4, -0.2) is 18.8 Å². The number of hydrogen-bond acceptors (Lipinski definition) is 0. The number of benzene rings is 1. The minimum absolute atomic E-state index is 0.0322. The van der Waals surface area contributed by atoms with Gasteiger partial charge < -0.3 is 0 Å². The summed E-state index contributed by atoms with van der Waals surface area (Å²) >= 11 is 0. The Balaban J connectivity index is 3.07. The fraction of sp³-hybridized carbons (Fsp3) is 0.467. The van der Waals surface area contributed by atoms with Gasteiger partial charge in [0.15, 0.2) is 0 Å². The lowest BCUT2D eigenvalue weighted by atomic mass is 9.99. The van der Waals surface area contributed by atoms with E-state index in [1.165, 1.54) is 0 Å². The van der Waals surface area contributed by atoms with Crippen molar-refractivity contribution in [1.82, 2.24) is 0 Å². The lowest BCUT2D eigenvalue weighted by molar-refractivity contribution is -0.143. The molecule has 0 saturated carbocycles. The highest BCUT2D eigenvalue weighted by atomic mass is 32.3. The maximum absolute atomic E-state index is 12.9. The molecule has 0 N–H and O–H groups in total. The van der Waals surface area contributed by atoms with Gasteiger partial charge in [-0.2, -0.15) is 36.4 Å². The molecule has 22 heavy (non-hydrogen) atoms. The van der Waals surface area contributed by atoms with Crippen LogP contribution in [0.4, 0.5) is 26.3 Å². The number of hydrogen-bond donors (Lipinski definition) is 0. The molecule has 0 atom stereocenters. The highest BCUT2D eigenvalue weighted by molar-refractivity contribution is 8.35. The first-order valence-electron chi connectivity index (χ1n) is 6.26. The second-order valence-electron chi connectivity index (χ2n) is 5.48. The minimum atomic E-state index is -4.82. The Morgan fingerprint density at radius 1 is 0.955 bits per heavy atom. The van der Waals surface area contributed by atoms with Crippen molar-refractivity contribution in [2.24, 2.45) is 0 Å². The van der Waals surface area contributed by atoms with E-state index in [1.807, 2.05) is 18.8 Å². The van der Waals surface area contributed by atoms with Crippen molar-refractivity contribution in [1.29, 1.82) is 0 Å². The van der Waals surface area contributed by atoms with Crippen molar-refractivity contribution in [3.63, 3.8) is 0 Å². The predicted octanol–water partition coefficient (Wildman–Crippen LogP) is 5.31. The van der Waals surface area contributed by atoms with E-state index in [4.69, 9.17) is 0 Å². The van der Waals surface area contributed by atoms with Crippen LogP contribution in [0.3, 0.4) is 0 Å². The molecule has 1 aromatic carbocycles. The number of alkyl halides is 6. The topological polar surface area (TPSA) is 0 Å². The van der Waals surface area contributed by atoms with E-state index >= 15 is 0 Å². The SMILES string of the molecule is CS(C)(C)C#CCCc1ccc(C(F)(F)F)cc1C(F)(F)F. The summed E-state index contributed by atoms with van der Waals surface area (Å²) in [6, 6.07) is 1.72. The molecule has 0 spiro atoms. The summed E-state index contributed by atoms with van der Waals surface area (Å²) in [5.41, 5.74) is -2.71. The number of halogens is 6. The number of rotatable bonds is 2. The molecule has 7 heteroatoms. The fourth-order valence-electron chi connectivity index (χ4n) is 1.70. The van der Waals surface area contributed by atoms with Gasteiger partial charge in [0.1, 0.15) is 0 Å². The molecule has 0 fully saturated rings. The van der Waals surface area contributed by atoms with E-state index in [9.17, 15) is 26.3 Å². The van der Waals surface area contributed by atoms with E-state index in [1.54, 1.807) is 0 Å². The summed E-state index contributed by atoms with van der Waals surface area (Å²) in [6.45, 7) is 0. The molecule has 1 rings (SSSR count). The molecule has 0 nitrogen and oxygen atoms in total. The lowest BCUT2D eigenvalue weighted by Gasteiger charge is -2.16. The highest BCUT2D eigenvalue weighted by Crippen LogP contribution is 2.37. The van der Waals surface area contributed by atoms with Crippen molar-refractivity contribution in [3.8, 4) is 11.2 Å². The van der Waals surface area contributed by atoms with Gasteiger partial charge in [-0.15, -0.1) is 0 Å². The van der Waals surface area contributed by atoms with Gasteiger partial charge in [0.25, 0.3) is 0 Å². The Kier molecular flexibility index (Phi) is 5.50. The van der Waals surface area contributed by atoms with E-state index in [2.05, 4.69) is 11.2 Å². The van der Waals surface area contributed by atoms with Crippen molar-refractivity contribution < 1.29 is 26.3 Å². The van der Waals surface area contributed by atoms with Gasteiger partial charge in [-0.3, -0.25) is 0 Å². The second-order valence-corrected chi connectivity index (χ2v) is 9.36. The van der Waals surface area contributed by atoms with Crippen molar-refractivity contribution >= 4 is 10.0 Å². The van der Waals surface area contributed by atoms with Crippen LogP contribution in [-0.2, 0) is 18.8 Å². The summed E-state index contributed by atoms with van der Waals surface area (Å²) < 4.78 is 76.4. The first-order valence-corrected chi connectivity index (χ1v) is 9.12. The molecule has 0 unspecified atom stereocenters. The lowest BCUT2D eigenvalue weighted by Crippen LogP contribution is -2.13. The Hall–Kier alpha value is -1.29. The van der Waals surface area contributed by atoms with Gasteiger partial charge >= 0.3 is 12.4 Å². The van der Waals surface area contributed by atoms with Crippen LogP contribution in [0.2, 0.25) is 0 Å². The summed E-state index contributed by atoms with van der Waals surface area (Å²) in [7, 11) is -1.08. The van der Waals surface area contributed by atoms with Crippen molar-refractivity contribution in [2.75, 3.05) is 18.8 Å².